The maximum Gasteiger partial charge on any atom is 0.237 e. The lowest BCUT2D eigenvalue weighted by atomic mass is 9.88. The van der Waals surface area contributed by atoms with Crippen molar-refractivity contribution >= 4 is 21.1 Å². The van der Waals surface area contributed by atoms with Gasteiger partial charge in [-0.1, -0.05) is 20.8 Å². The quantitative estimate of drug-likeness (QED) is 0.781. The zero-order chi connectivity index (χ0) is 12.8. The van der Waals surface area contributed by atoms with E-state index in [-0.39, 0.29) is 5.41 Å². The van der Waals surface area contributed by atoms with Gasteiger partial charge in [0.25, 0.3) is 0 Å². The van der Waals surface area contributed by atoms with Gasteiger partial charge in [0.1, 0.15) is 0 Å². The number of fused-ring (bicyclic) bond motifs is 1. The van der Waals surface area contributed by atoms with Gasteiger partial charge in [0.15, 0.2) is 5.65 Å². The van der Waals surface area contributed by atoms with Crippen molar-refractivity contribution in [1.29, 1.82) is 0 Å². The molecule has 0 saturated carbocycles. The van der Waals surface area contributed by atoms with E-state index in [0.29, 0.717) is 5.65 Å². The van der Waals surface area contributed by atoms with E-state index in [1.165, 1.54) is 10.2 Å². The third-order valence-corrected chi connectivity index (χ3v) is 3.73. The van der Waals surface area contributed by atoms with E-state index in [9.17, 15) is 8.42 Å². The summed E-state index contributed by atoms with van der Waals surface area (Å²) < 4.78 is 24.2. The second-order valence-electron chi connectivity index (χ2n) is 5.26. The first-order chi connectivity index (χ1) is 7.69. The summed E-state index contributed by atoms with van der Waals surface area (Å²) in [7, 11) is -3.28. The van der Waals surface area contributed by atoms with E-state index in [2.05, 4.69) is 25.8 Å². The van der Waals surface area contributed by atoms with E-state index >= 15 is 0 Å². The number of nitrogens with zero attached hydrogens (tertiary/aromatic N) is 2. The molecule has 0 atom stereocenters. The average Bonchev–Trinajstić information content (AvgIpc) is 2.57. The van der Waals surface area contributed by atoms with Crippen molar-refractivity contribution in [3.8, 4) is 0 Å². The minimum atomic E-state index is -3.28. The van der Waals surface area contributed by atoms with Crippen molar-refractivity contribution < 1.29 is 8.42 Å². The van der Waals surface area contributed by atoms with Crippen LogP contribution >= 0.6 is 0 Å². The van der Waals surface area contributed by atoms with Gasteiger partial charge in [-0.25, -0.2) is 17.4 Å². The summed E-state index contributed by atoms with van der Waals surface area (Å²) in [5.74, 6) is 0. The maximum atomic E-state index is 11.5. The van der Waals surface area contributed by atoms with Crippen LogP contribution in [0.2, 0.25) is 0 Å². The topological polar surface area (TPSA) is 52.0 Å². The first kappa shape index (κ1) is 12.1. The van der Waals surface area contributed by atoms with E-state index in [1.54, 1.807) is 18.5 Å². The van der Waals surface area contributed by atoms with Crippen molar-refractivity contribution in [2.24, 2.45) is 0 Å². The fourth-order valence-corrected chi connectivity index (χ4v) is 2.43. The molecule has 0 spiro atoms. The van der Waals surface area contributed by atoms with E-state index in [0.717, 1.165) is 10.9 Å². The van der Waals surface area contributed by atoms with Gasteiger partial charge in [-0.05, 0) is 23.1 Å². The third kappa shape index (κ3) is 2.20. The predicted molar refractivity (Wildman–Crippen MR) is 68.7 cm³/mol. The summed E-state index contributed by atoms with van der Waals surface area (Å²) in [5.41, 5.74) is 1.59. The smallest absolute Gasteiger partial charge is 0.237 e. The minimum Gasteiger partial charge on any atom is -0.237 e. The summed E-state index contributed by atoms with van der Waals surface area (Å²) in [6.07, 6.45) is 4.45. The number of pyridine rings is 1. The summed E-state index contributed by atoms with van der Waals surface area (Å²) >= 11 is 0. The largest absolute Gasteiger partial charge is 0.237 e. The first-order valence-electron chi connectivity index (χ1n) is 5.38. The molecule has 0 amide bonds. The van der Waals surface area contributed by atoms with Crippen LogP contribution in [-0.2, 0) is 15.4 Å². The van der Waals surface area contributed by atoms with Crippen molar-refractivity contribution in [2.45, 2.75) is 26.2 Å². The highest BCUT2D eigenvalue weighted by Crippen LogP contribution is 2.25. The summed E-state index contributed by atoms with van der Waals surface area (Å²) in [6, 6.07) is 3.77. The fourth-order valence-electron chi connectivity index (χ4n) is 1.68. The molecule has 0 aromatic carbocycles. The zero-order valence-electron chi connectivity index (χ0n) is 10.4. The van der Waals surface area contributed by atoms with Crippen LogP contribution in [-0.4, -0.2) is 23.6 Å². The van der Waals surface area contributed by atoms with Gasteiger partial charge in [0.2, 0.25) is 10.0 Å². The summed E-state index contributed by atoms with van der Waals surface area (Å²) in [4.78, 5) is 4.26. The Bertz CT molecular complexity index is 663. The highest BCUT2D eigenvalue weighted by atomic mass is 32.2. The Balaban J connectivity index is 2.69. The van der Waals surface area contributed by atoms with Crippen LogP contribution in [0.3, 0.4) is 0 Å². The molecule has 0 unspecified atom stereocenters. The number of aromatic nitrogens is 2. The molecule has 0 aliphatic carbocycles. The molecule has 2 heterocycles. The van der Waals surface area contributed by atoms with Gasteiger partial charge in [-0.2, -0.15) is 0 Å². The molecule has 2 aromatic rings. The van der Waals surface area contributed by atoms with Gasteiger partial charge in [-0.15, -0.1) is 0 Å². The standard InChI is InChI=1S/C12H16N2O2S/c1-12(2,3)10-7-9-5-6-14(17(4,15)16)11(9)13-8-10/h5-8H,1-4H3. The molecular formula is C12H16N2O2S. The molecule has 2 rings (SSSR count). The lowest BCUT2D eigenvalue weighted by molar-refractivity contribution is 0.588. The molecule has 0 aliphatic rings. The van der Waals surface area contributed by atoms with Crippen molar-refractivity contribution in [3.63, 3.8) is 0 Å². The minimum absolute atomic E-state index is 0.00831. The van der Waals surface area contributed by atoms with Gasteiger partial charge in [0.05, 0.1) is 6.26 Å². The SMILES string of the molecule is CC(C)(C)c1cnc2c(ccn2S(C)(=O)=O)c1. The molecule has 5 heteroatoms. The van der Waals surface area contributed by atoms with Gasteiger partial charge >= 0.3 is 0 Å². The Hall–Kier alpha value is -1.36. The maximum absolute atomic E-state index is 11.5. The van der Waals surface area contributed by atoms with Crippen molar-refractivity contribution in [2.75, 3.05) is 6.26 Å². The van der Waals surface area contributed by atoms with Crippen LogP contribution in [0, 0.1) is 0 Å². The monoisotopic (exact) mass is 252 g/mol. The Labute approximate surface area is 101 Å². The van der Waals surface area contributed by atoms with Gasteiger partial charge in [-0.3, -0.25) is 0 Å². The van der Waals surface area contributed by atoms with Crippen LogP contribution in [0.25, 0.3) is 11.0 Å². The highest BCUT2D eigenvalue weighted by Gasteiger charge is 2.17. The predicted octanol–water partition coefficient (Wildman–Crippen LogP) is 2.14. The molecule has 0 fully saturated rings. The lowest BCUT2D eigenvalue weighted by Crippen LogP contribution is -2.12. The van der Waals surface area contributed by atoms with E-state index in [1.807, 2.05) is 6.07 Å². The Morgan fingerprint density at radius 3 is 2.47 bits per heavy atom. The van der Waals surface area contributed by atoms with Crippen LogP contribution < -0.4 is 0 Å². The van der Waals surface area contributed by atoms with Gasteiger partial charge in [0, 0.05) is 17.8 Å². The molecule has 0 radical (unpaired) electrons. The Kier molecular flexibility index (Phi) is 2.54. The average molecular weight is 252 g/mol. The van der Waals surface area contributed by atoms with Crippen molar-refractivity contribution in [1.82, 2.24) is 8.96 Å². The molecule has 92 valence electrons. The molecule has 4 nitrogen and oxygen atoms in total. The molecule has 0 saturated heterocycles. The van der Waals surface area contributed by atoms with Crippen LogP contribution in [0.4, 0.5) is 0 Å². The van der Waals surface area contributed by atoms with Crippen LogP contribution in [0.1, 0.15) is 26.3 Å². The van der Waals surface area contributed by atoms with E-state index in [4.69, 9.17) is 0 Å². The van der Waals surface area contributed by atoms with Crippen LogP contribution in [0.5, 0.6) is 0 Å². The summed E-state index contributed by atoms with van der Waals surface area (Å²) in [6.45, 7) is 6.30. The molecule has 0 N–H and O–H groups in total. The summed E-state index contributed by atoms with van der Waals surface area (Å²) in [5, 5.41) is 0.850. The Morgan fingerprint density at radius 2 is 1.94 bits per heavy atom. The zero-order valence-corrected chi connectivity index (χ0v) is 11.2. The van der Waals surface area contributed by atoms with Crippen LogP contribution in [0.15, 0.2) is 24.5 Å². The normalized spacial score (nSPS) is 13.2. The molecule has 2 aromatic heterocycles. The van der Waals surface area contributed by atoms with Gasteiger partial charge < -0.3 is 0 Å². The number of hydrogen-bond acceptors (Lipinski definition) is 3. The third-order valence-electron chi connectivity index (χ3n) is 2.72. The number of rotatable bonds is 1. The second kappa shape index (κ2) is 3.57. The highest BCUT2D eigenvalue weighted by molar-refractivity contribution is 7.89. The number of hydrogen-bond donors (Lipinski definition) is 0. The first-order valence-corrected chi connectivity index (χ1v) is 7.22. The fraction of sp³-hybridized carbons (Fsp3) is 0.417. The molecular weight excluding hydrogens is 236 g/mol. The lowest BCUT2D eigenvalue weighted by Gasteiger charge is -2.18. The van der Waals surface area contributed by atoms with Crippen molar-refractivity contribution in [3.05, 3.63) is 30.1 Å². The Morgan fingerprint density at radius 1 is 1.29 bits per heavy atom. The van der Waals surface area contributed by atoms with E-state index < -0.39 is 10.0 Å². The molecule has 17 heavy (non-hydrogen) atoms. The molecule has 0 bridgehead atoms. The second-order valence-corrected chi connectivity index (χ2v) is 7.12. The molecule has 0 aliphatic heterocycles.